The van der Waals surface area contributed by atoms with Crippen molar-refractivity contribution in [3.8, 4) is 0 Å². The highest BCUT2D eigenvalue weighted by Crippen LogP contribution is 2.34. The quantitative estimate of drug-likeness (QED) is 0.749. The normalized spacial score (nSPS) is 18.6. The molecular weight excluding hydrogens is 408 g/mol. The van der Waals surface area contributed by atoms with Crippen LogP contribution in [0.4, 0.5) is 5.13 Å². The van der Waals surface area contributed by atoms with E-state index >= 15 is 0 Å². The van der Waals surface area contributed by atoms with Crippen molar-refractivity contribution in [2.45, 2.75) is 52.5 Å². The molecular formula is C24H32N4O2S. The summed E-state index contributed by atoms with van der Waals surface area (Å²) in [7, 11) is 0. The highest BCUT2D eigenvalue weighted by molar-refractivity contribution is 7.15. The Balaban J connectivity index is 1.31. The van der Waals surface area contributed by atoms with Crippen molar-refractivity contribution in [2.24, 2.45) is 5.92 Å². The minimum Gasteiger partial charge on any atom is -0.352 e. The molecule has 1 aromatic heterocycles. The first-order valence-electron chi connectivity index (χ1n) is 11.4. The predicted octanol–water partition coefficient (Wildman–Crippen LogP) is 3.19. The standard InChI is InChI=1S/C24H32N4O2S/c1-3-17-5-7-18(8-6-17)16-25-23(30)19-9-10-20-21(15-19)31-24(26-20)28-13-11-27(12-14-28)22(29)4-2/h5-8,19H,3-4,9-16H2,1-2H3,(H,25,30)/t19-/m1/s1. The Morgan fingerprint density at radius 1 is 1.10 bits per heavy atom. The minimum atomic E-state index is 0.0229. The van der Waals surface area contributed by atoms with Crippen LogP contribution >= 0.6 is 11.3 Å². The third-order valence-electron chi connectivity index (χ3n) is 6.40. The number of benzene rings is 1. The number of anilines is 1. The van der Waals surface area contributed by atoms with E-state index in [1.54, 1.807) is 11.3 Å². The summed E-state index contributed by atoms with van der Waals surface area (Å²) in [5.41, 5.74) is 3.61. The maximum atomic E-state index is 12.8. The highest BCUT2D eigenvalue weighted by Gasteiger charge is 2.29. The van der Waals surface area contributed by atoms with Gasteiger partial charge in [0.15, 0.2) is 5.13 Å². The molecule has 0 unspecified atom stereocenters. The minimum absolute atomic E-state index is 0.0229. The lowest BCUT2D eigenvalue weighted by molar-refractivity contribution is -0.131. The van der Waals surface area contributed by atoms with Gasteiger partial charge < -0.3 is 15.1 Å². The number of carbonyl (C=O) groups excluding carboxylic acids is 2. The predicted molar refractivity (Wildman–Crippen MR) is 124 cm³/mol. The molecule has 1 N–H and O–H groups in total. The monoisotopic (exact) mass is 440 g/mol. The Hall–Kier alpha value is -2.41. The Morgan fingerprint density at radius 2 is 1.81 bits per heavy atom. The number of amides is 2. The third kappa shape index (κ3) is 5.09. The summed E-state index contributed by atoms with van der Waals surface area (Å²) in [5.74, 6) is 0.398. The molecule has 2 aliphatic rings. The molecule has 2 amide bonds. The second kappa shape index (κ2) is 9.81. The fourth-order valence-electron chi connectivity index (χ4n) is 4.32. The summed E-state index contributed by atoms with van der Waals surface area (Å²) in [6.07, 6.45) is 4.10. The van der Waals surface area contributed by atoms with E-state index < -0.39 is 0 Å². The van der Waals surface area contributed by atoms with Crippen molar-refractivity contribution in [3.63, 3.8) is 0 Å². The van der Waals surface area contributed by atoms with Crippen LogP contribution in [0.1, 0.15) is 48.4 Å². The number of hydrogen-bond donors (Lipinski definition) is 1. The number of fused-ring (bicyclic) bond motifs is 1. The van der Waals surface area contributed by atoms with E-state index in [1.807, 2.05) is 11.8 Å². The Kier molecular flexibility index (Phi) is 6.90. The summed E-state index contributed by atoms with van der Waals surface area (Å²) in [5, 5.41) is 4.17. The van der Waals surface area contributed by atoms with Crippen LogP contribution in [-0.4, -0.2) is 47.9 Å². The number of piperazine rings is 1. The van der Waals surface area contributed by atoms with E-state index in [0.29, 0.717) is 13.0 Å². The average Bonchev–Trinajstić information content (AvgIpc) is 3.26. The zero-order valence-corrected chi connectivity index (χ0v) is 19.3. The fourth-order valence-corrected chi connectivity index (χ4v) is 5.56. The molecule has 0 saturated carbocycles. The first kappa shape index (κ1) is 21.8. The van der Waals surface area contributed by atoms with Crippen LogP contribution in [0.2, 0.25) is 0 Å². The molecule has 31 heavy (non-hydrogen) atoms. The average molecular weight is 441 g/mol. The van der Waals surface area contributed by atoms with Crippen LogP contribution < -0.4 is 10.2 Å². The number of rotatable bonds is 6. The van der Waals surface area contributed by atoms with Crippen molar-refractivity contribution >= 4 is 28.3 Å². The summed E-state index contributed by atoms with van der Waals surface area (Å²) >= 11 is 1.73. The van der Waals surface area contributed by atoms with E-state index in [1.165, 1.54) is 10.4 Å². The largest absolute Gasteiger partial charge is 0.352 e. The van der Waals surface area contributed by atoms with E-state index in [2.05, 4.69) is 41.4 Å². The molecule has 0 radical (unpaired) electrons. The van der Waals surface area contributed by atoms with Gasteiger partial charge in [0, 0.05) is 49.9 Å². The number of nitrogens with one attached hydrogen (secondary N) is 1. The van der Waals surface area contributed by atoms with Gasteiger partial charge in [-0.15, -0.1) is 11.3 Å². The molecule has 1 aliphatic heterocycles. The number of thiazole rings is 1. The lowest BCUT2D eigenvalue weighted by Crippen LogP contribution is -2.48. The van der Waals surface area contributed by atoms with Gasteiger partial charge in [-0.05, 0) is 36.8 Å². The van der Waals surface area contributed by atoms with Gasteiger partial charge in [0.25, 0.3) is 0 Å². The molecule has 1 fully saturated rings. The number of hydrogen-bond acceptors (Lipinski definition) is 5. The molecule has 4 rings (SSSR count). The Labute approximate surface area is 188 Å². The van der Waals surface area contributed by atoms with Gasteiger partial charge in [0.1, 0.15) is 0 Å². The van der Waals surface area contributed by atoms with E-state index in [4.69, 9.17) is 4.98 Å². The van der Waals surface area contributed by atoms with E-state index in [0.717, 1.165) is 68.3 Å². The summed E-state index contributed by atoms with van der Waals surface area (Å²) < 4.78 is 0. The number of aromatic nitrogens is 1. The molecule has 0 bridgehead atoms. The van der Waals surface area contributed by atoms with Gasteiger partial charge in [0.05, 0.1) is 5.69 Å². The van der Waals surface area contributed by atoms with Gasteiger partial charge in [-0.3, -0.25) is 9.59 Å². The van der Waals surface area contributed by atoms with Gasteiger partial charge in [-0.25, -0.2) is 4.98 Å². The summed E-state index contributed by atoms with van der Waals surface area (Å²) in [4.78, 5) is 35.0. The van der Waals surface area contributed by atoms with E-state index in [9.17, 15) is 9.59 Å². The smallest absolute Gasteiger partial charge is 0.223 e. The maximum Gasteiger partial charge on any atom is 0.223 e. The molecule has 0 spiro atoms. The highest BCUT2D eigenvalue weighted by atomic mass is 32.1. The van der Waals surface area contributed by atoms with Crippen molar-refractivity contribution in [1.29, 1.82) is 0 Å². The second-order valence-electron chi connectivity index (χ2n) is 8.42. The van der Waals surface area contributed by atoms with Crippen molar-refractivity contribution < 1.29 is 9.59 Å². The Morgan fingerprint density at radius 3 is 2.48 bits per heavy atom. The molecule has 2 heterocycles. The van der Waals surface area contributed by atoms with E-state index in [-0.39, 0.29) is 17.7 Å². The van der Waals surface area contributed by atoms with Crippen molar-refractivity contribution in [2.75, 3.05) is 31.1 Å². The summed E-state index contributed by atoms with van der Waals surface area (Å²) in [6.45, 7) is 7.84. The molecule has 6 nitrogen and oxygen atoms in total. The van der Waals surface area contributed by atoms with Crippen molar-refractivity contribution in [3.05, 3.63) is 46.0 Å². The van der Waals surface area contributed by atoms with Crippen LogP contribution in [0.5, 0.6) is 0 Å². The molecule has 166 valence electrons. The second-order valence-corrected chi connectivity index (χ2v) is 9.48. The topological polar surface area (TPSA) is 65.5 Å². The fraction of sp³-hybridized carbons (Fsp3) is 0.542. The molecule has 1 aromatic carbocycles. The van der Waals surface area contributed by atoms with Gasteiger partial charge >= 0.3 is 0 Å². The molecule has 7 heteroatoms. The van der Waals surface area contributed by atoms with Crippen LogP contribution in [0.3, 0.4) is 0 Å². The zero-order valence-electron chi connectivity index (χ0n) is 18.5. The molecule has 1 aliphatic carbocycles. The molecule has 2 aromatic rings. The first-order chi connectivity index (χ1) is 15.1. The van der Waals surface area contributed by atoms with Gasteiger partial charge in [0.2, 0.25) is 11.8 Å². The number of carbonyl (C=O) groups is 2. The first-order valence-corrected chi connectivity index (χ1v) is 12.3. The van der Waals surface area contributed by atoms with Crippen LogP contribution in [-0.2, 0) is 35.4 Å². The number of aryl methyl sites for hydroxylation is 2. The molecule has 1 saturated heterocycles. The van der Waals surface area contributed by atoms with Crippen LogP contribution in [0.15, 0.2) is 24.3 Å². The van der Waals surface area contributed by atoms with Crippen LogP contribution in [0.25, 0.3) is 0 Å². The SMILES string of the molecule is CCC(=O)N1CCN(c2nc3c(s2)C[C@H](C(=O)NCc2ccc(CC)cc2)CC3)CC1. The lowest BCUT2D eigenvalue weighted by Gasteiger charge is -2.34. The Bertz CT molecular complexity index is 916. The molecule has 1 atom stereocenters. The van der Waals surface area contributed by atoms with Gasteiger partial charge in [-0.2, -0.15) is 0 Å². The summed E-state index contributed by atoms with van der Waals surface area (Å²) in [6, 6.07) is 8.46. The number of nitrogens with zero attached hydrogens (tertiary/aromatic N) is 3. The zero-order chi connectivity index (χ0) is 21.8. The van der Waals surface area contributed by atoms with Crippen molar-refractivity contribution in [1.82, 2.24) is 15.2 Å². The third-order valence-corrected chi connectivity index (χ3v) is 7.58. The van der Waals surface area contributed by atoms with Gasteiger partial charge in [-0.1, -0.05) is 38.1 Å². The maximum absolute atomic E-state index is 12.8. The lowest BCUT2D eigenvalue weighted by atomic mass is 9.90. The van der Waals surface area contributed by atoms with Crippen LogP contribution in [0, 0.1) is 5.92 Å².